The molecule has 0 saturated heterocycles. The van der Waals surface area contributed by atoms with Gasteiger partial charge in [0.05, 0.1) is 11.2 Å². The van der Waals surface area contributed by atoms with Crippen molar-refractivity contribution in [2.75, 3.05) is 6.54 Å². The molecule has 1 aromatic heterocycles. The summed E-state index contributed by atoms with van der Waals surface area (Å²) in [6.45, 7) is 9.52. The van der Waals surface area contributed by atoms with Gasteiger partial charge >= 0.3 is 0 Å². The molecule has 0 aliphatic carbocycles. The molecule has 5 heteroatoms. The fourth-order valence-corrected chi connectivity index (χ4v) is 2.39. The first-order valence-electron chi connectivity index (χ1n) is 6.83. The van der Waals surface area contributed by atoms with Gasteiger partial charge < -0.3 is 10.4 Å². The van der Waals surface area contributed by atoms with Crippen molar-refractivity contribution in [3.05, 3.63) is 28.0 Å². The number of pyridine rings is 1. The van der Waals surface area contributed by atoms with E-state index in [9.17, 15) is 9.90 Å². The fourth-order valence-electron chi connectivity index (χ4n) is 2.03. The van der Waals surface area contributed by atoms with E-state index in [-0.39, 0.29) is 23.5 Å². The molecule has 0 aliphatic heterocycles. The molecular formula is C15H23ClN2O2. The van der Waals surface area contributed by atoms with Gasteiger partial charge in [0.15, 0.2) is 0 Å². The van der Waals surface area contributed by atoms with E-state index >= 15 is 0 Å². The van der Waals surface area contributed by atoms with Crippen LogP contribution in [0.4, 0.5) is 0 Å². The van der Waals surface area contributed by atoms with E-state index < -0.39 is 5.60 Å². The zero-order valence-corrected chi connectivity index (χ0v) is 13.5. The third kappa shape index (κ3) is 3.93. The van der Waals surface area contributed by atoms with Crippen molar-refractivity contribution in [1.29, 1.82) is 0 Å². The first-order valence-corrected chi connectivity index (χ1v) is 7.21. The lowest BCUT2D eigenvalue weighted by molar-refractivity contribution is 0.00591. The molecule has 0 radical (unpaired) electrons. The minimum absolute atomic E-state index is 0.0931. The summed E-state index contributed by atoms with van der Waals surface area (Å²) in [5, 5.41) is 13.2. The van der Waals surface area contributed by atoms with Crippen LogP contribution in [0.5, 0.6) is 0 Å². The Morgan fingerprint density at radius 3 is 2.65 bits per heavy atom. The number of aryl methyl sites for hydroxylation is 2. The number of rotatable bonds is 5. The molecule has 4 nitrogen and oxygen atoms in total. The van der Waals surface area contributed by atoms with Crippen LogP contribution in [0.2, 0.25) is 5.15 Å². The molecule has 1 heterocycles. The van der Waals surface area contributed by atoms with Crippen LogP contribution < -0.4 is 5.32 Å². The second kappa shape index (κ2) is 6.55. The minimum Gasteiger partial charge on any atom is -0.388 e. The van der Waals surface area contributed by atoms with Gasteiger partial charge in [-0.3, -0.25) is 4.79 Å². The maximum atomic E-state index is 12.2. The number of amides is 1. The predicted molar refractivity (Wildman–Crippen MR) is 81.1 cm³/mol. The Balaban J connectivity index is 2.83. The van der Waals surface area contributed by atoms with E-state index in [0.717, 1.165) is 17.7 Å². The van der Waals surface area contributed by atoms with Crippen LogP contribution in [0, 0.1) is 19.8 Å². The van der Waals surface area contributed by atoms with E-state index in [0.29, 0.717) is 5.56 Å². The van der Waals surface area contributed by atoms with Gasteiger partial charge in [-0.2, -0.15) is 0 Å². The Morgan fingerprint density at radius 2 is 2.15 bits per heavy atom. The van der Waals surface area contributed by atoms with Gasteiger partial charge in [0.25, 0.3) is 5.91 Å². The number of nitrogens with zero attached hydrogens (tertiary/aromatic N) is 1. The monoisotopic (exact) mass is 298 g/mol. The Hall–Kier alpha value is -1.13. The highest BCUT2D eigenvalue weighted by molar-refractivity contribution is 6.32. The van der Waals surface area contributed by atoms with Crippen LogP contribution in [0.15, 0.2) is 6.07 Å². The summed E-state index contributed by atoms with van der Waals surface area (Å²) < 4.78 is 0. The Bertz CT molecular complexity index is 478. The molecule has 2 N–H and O–H groups in total. The maximum Gasteiger partial charge on any atom is 0.254 e. The first-order chi connectivity index (χ1) is 9.19. The van der Waals surface area contributed by atoms with Gasteiger partial charge in [0, 0.05) is 12.2 Å². The van der Waals surface area contributed by atoms with Gasteiger partial charge in [-0.15, -0.1) is 0 Å². The molecular weight excluding hydrogens is 276 g/mol. The van der Waals surface area contributed by atoms with Gasteiger partial charge in [0.1, 0.15) is 5.15 Å². The quantitative estimate of drug-likeness (QED) is 0.822. The summed E-state index contributed by atoms with van der Waals surface area (Å²) in [6.07, 6.45) is 0.842. The van der Waals surface area contributed by atoms with Crippen molar-refractivity contribution in [2.45, 2.75) is 46.6 Å². The predicted octanol–water partition coefficient (Wildman–Crippen LogP) is 2.88. The van der Waals surface area contributed by atoms with Crippen molar-refractivity contribution in [3.63, 3.8) is 0 Å². The van der Waals surface area contributed by atoms with Crippen LogP contribution in [-0.2, 0) is 0 Å². The van der Waals surface area contributed by atoms with Crippen molar-refractivity contribution >= 4 is 17.5 Å². The van der Waals surface area contributed by atoms with Crippen LogP contribution in [0.3, 0.4) is 0 Å². The van der Waals surface area contributed by atoms with Crippen molar-refractivity contribution in [3.8, 4) is 0 Å². The first kappa shape index (κ1) is 16.9. The summed E-state index contributed by atoms with van der Waals surface area (Å²) >= 11 is 6.04. The second-order valence-electron chi connectivity index (χ2n) is 5.60. The van der Waals surface area contributed by atoms with Crippen LogP contribution >= 0.6 is 11.6 Å². The number of halogens is 1. The summed E-state index contributed by atoms with van der Waals surface area (Å²) in [4.78, 5) is 16.3. The Morgan fingerprint density at radius 1 is 1.55 bits per heavy atom. The largest absolute Gasteiger partial charge is 0.388 e. The van der Waals surface area contributed by atoms with Crippen LogP contribution in [0.1, 0.15) is 48.8 Å². The van der Waals surface area contributed by atoms with Gasteiger partial charge in [0.2, 0.25) is 0 Å². The molecule has 1 rings (SSSR count). The molecule has 0 aliphatic rings. The number of carbonyl (C=O) groups excluding carboxylic acids is 1. The fraction of sp³-hybridized carbons (Fsp3) is 0.600. The summed E-state index contributed by atoms with van der Waals surface area (Å²) in [6, 6.07) is 1.81. The molecule has 1 amide bonds. The van der Waals surface area contributed by atoms with Gasteiger partial charge in [-0.05, 0) is 38.3 Å². The van der Waals surface area contributed by atoms with E-state index in [1.165, 1.54) is 0 Å². The zero-order chi connectivity index (χ0) is 15.5. The molecule has 1 aromatic rings. The average molecular weight is 299 g/mol. The number of hydrogen-bond acceptors (Lipinski definition) is 3. The highest BCUT2D eigenvalue weighted by Gasteiger charge is 2.28. The Labute approximate surface area is 125 Å². The van der Waals surface area contributed by atoms with Crippen LogP contribution in [-0.4, -0.2) is 28.1 Å². The molecule has 112 valence electrons. The molecule has 0 fully saturated rings. The van der Waals surface area contributed by atoms with E-state index in [1.807, 2.05) is 33.8 Å². The van der Waals surface area contributed by atoms with Crippen molar-refractivity contribution < 1.29 is 9.90 Å². The summed E-state index contributed by atoms with van der Waals surface area (Å²) in [5.41, 5.74) is 0.985. The smallest absolute Gasteiger partial charge is 0.254 e. The minimum atomic E-state index is -0.942. The van der Waals surface area contributed by atoms with Gasteiger partial charge in [-0.1, -0.05) is 31.9 Å². The second-order valence-corrected chi connectivity index (χ2v) is 5.95. The Kier molecular flexibility index (Phi) is 5.54. The standard InChI is InChI=1S/C15H23ClN2O2/c1-6-10(3)15(5,20)8-17-14(19)12-9(2)7-11(4)18-13(12)16/h7,10,20H,6,8H2,1-5H3,(H,17,19). The lowest BCUT2D eigenvalue weighted by atomic mass is 9.88. The molecule has 0 saturated carbocycles. The normalized spacial score (nSPS) is 15.6. The van der Waals surface area contributed by atoms with E-state index in [4.69, 9.17) is 11.6 Å². The number of carbonyl (C=O) groups is 1. The van der Waals surface area contributed by atoms with Crippen LogP contribution in [0.25, 0.3) is 0 Å². The molecule has 20 heavy (non-hydrogen) atoms. The van der Waals surface area contributed by atoms with Gasteiger partial charge in [-0.25, -0.2) is 4.98 Å². The number of nitrogens with one attached hydrogen (secondary N) is 1. The number of aromatic nitrogens is 1. The summed E-state index contributed by atoms with van der Waals surface area (Å²) in [5.74, 6) is -0.209. The highest BCUT2D eigenvalue weighted by Crippen LogP contribution is 2.21. The third-order valence-corrected chi connectivity index (χ3v) is 4.08. The lowest BCUT2D eigenvalue weighted by Gasteiger charge is -2.29. The van der Waals surface area contributed by atoms with E-state index in [2.05, 4.69) is 10.3 Å². The molecule has 2 unspecified atom stereocenters. The van der Waals surface area contributed by atoms with Crippen molar-refractivity contribution in [1.82, 2.24) is 10.3 Å². The number of hydrogen-bond donors (Lipinski definition) is 2. The highest BCUT2D eigenvalue weighted by atomic mass is 35.5. The maximum absolute atomic E-state index is 12.2. The average Bonchev–Trinajstić information content (AvgIpc) is 2.34. The molecule has 0 spiro atoms. The molecule has 0 aromatic carbocycles. The SMILES string of the molecule is CCC(C)C(C)(O)CNC(=O)c1c(C)cc(C)nc1Cl. The molecule has 0 bridgehead atoms. The topological polar surface area (TPSA) is 62.2 Å². The summed E-state index contributed by atoms with van der Waals surface area (Å²) in [7, 11) is 0. The van der Waals surface area contributed by atoms with Crippen molar-refractivity contribution in [2.24, 2.45) is 5.92 Å². The number of aliphatic hydroxyl groups is 1. The third-order valence-electron chi connectivity index (χ3n) is 3.81. The zero-order valence-electron chi connectivity index (χ0n) is 12.7. The van der Waals surface area contributed by atoms with E-state index in [1.54, 1.807) is 6.92 Å². The lowest BCUT2D eigenvalue weighted by Crippen LogP contribution is -2.45. The molecule has 2 atom stereocenters.